The molecular weight excluding hydrogens is 112 g/mol. The van der Waals surface area contributed by atoms with Gasteiger partial charge in [0.15, 0.2) is 0 Å². The molecule has 1 nitrogen and oxygen atoms in total. The van der Waals surface area contributed by atoms with Crippen LogP contribution in [-0.2, 0) is 4.74 Å². The van der Waals surface area contributed by atoms with Gasteiger partial charge in [0.2, 0.25) is 0 Å². The molecule has 0 spiro atoms. The van der Waals surface area contributed by atoms with Crippen molar-refractivity contribution in [1.29, 1.82) is 0 Å². The molecule has 0 aromatic heterocycles. The molecule has 0 N–H and O–H groups in total. The molecule has 0 aromatic rings. The summed E-state index contributed by atoms with van der Waals surface area (Å²) in [6, 6.07) is 0. The van der Waals surface area contributed by atoms with Gasteiger partial charge in [0.1, 0.15) is 0 Å². The lowest BCUT2D eigenvalue weighted by Gasteiger charge is -2.02. The van der Waals surface area contributed by atoms with E-state index in [1.54, 1.807) is 0 Å². The summed E-state index contributed by atoms with van der Waals surface area (Å²) in [6.45, 7) is 5.60. The van der Waals surface area contributed by atoms with Crippen LogP contribution in [-0.4, -0.2) is 13.2 Å². The summed E-state index contributed by atoms with van der Waals surface area (Å²) in [5.74, 6) is 3.00. The topological polar surface area (TPSA) is 9.23 Å². The summed E-state index contributed by atoms with van der Waals surface area (Å²) in [7, 11) is 0. The quantitative estimate of drug-likeness (QED) is 0.411. The zero-order valence-electron chi connectivity index (χ0n) is 6.18. The molecule has 0 bridgehead atoms. The van der Waals surface area contributed by atoms with E-state index in [-0.39, 0.29) is 0 Å². The smallest absolute Gasteiger partial charge is 0.0477 e. The van der Waals surface area contributed by atoms with E-state index in [9.17, 15) is 0 Å². The molecule has 0 radical (unpaired) electrons. The number of rotatable bonds is 4. The molecule has 0 fully saturated rings. The van der Waals surface area contributed by atoms with Crippen molar-refractivity contribution in [2.75, 3.05) is 13.2 Å². The van der Waals surface area contributed by atoms with Gasteiger partial charge in [-0.15, -0.1) is 12.3 Å². The van der Waals surface area contributed by atoms with E-state index < -0.39 is 0 Å². The van der Waals surface area contributed by atoms with Crippen LogP contribution >= 0.6 is 0 Å². The minimum Gasteiger partial charge on any atom is -0.382 e. The van der Waals surface area contributed by atoms with Crippen molar-refractivity contribution in [3.63, 3.8) is 0 Å². The van der Waals surface area contributed by atoms with Crippen molar-refractivity contribution in [3.05, 3.63) is 0 Å². The number of hydrogen-bond donors (Lipinski definition) is 0. The van der Waals surface area contributed by atoms with Crippen LogP contribution < -0.4 is 0 Å². The second-order valence-electron chi connectivity index (χ2n) is 2.05. The van der Waals surface area contributed by atoms with E-state index in [0.29, 0.717) is 5.92 Å². The van der Waals surface area contributed by atoms with Crippen molar-refractivity contribution < 1.29 is 4.74 Å². The molecule has 1 unspecified atom stereocenters. The zero-order valence-corrected chi connectivity index (χ0v) is 6.18. The Morgan fingerprint density at radius 2 is 2.33 bits per heavy atom. The van der Waals surface area contributed by atoms with Crippen LogP contribution in [0, 0.1) is 18.3 Å². The average Bonchev–Trinajstić information content (AvgIpc) is 1.89. The summed E-state index contributed by atoms with van der Waals surface area (Å²) < 4.78 is 5.11. The number of hydrogen-bond acceptors (Lipinski definition) is 1. The molecule has 0 aromatic carbocycles. The Hall–Kier alpha value is -0.480. The van der Waals surface area contributed by atoms with Crippen LogP contribution in [0.1, 0.15) is 20.3 Å². The lowest BCUT2D eigenvalue weighted by atomic mass is 10.1. The van der Waals surface area contributed by atoms with Crippen LogP contribution in [0.5, 0.6) is 0 Å². The largest absolute Gasteiger partial charge is 0.382 e. The van der Waals surface area contributed by atoms with E-state index in [1.165, 1.54) is 0 Å². The SMILES string of the molecule is C#CC(C)CCOCC. The molecule has 0 heterocycles. The zero-order chi connectivity index (χ0) is 7.11. The monoisotopic (exact) mass is 126 g/mol. The van der Waals surface area contributed by atoms with Crippen LogP contribution in [0.4, 0.5) is 0 Å². The fourth-order valence-electron chi connectivity index (χ4n) is 0.488. The summed E-state index contributed by atoms with van der Waals surface area (Å²) in [4.78, 5) is 0. The minimum atomic E-state index is 0.358. The van der Waals surface area contributed by atoms with Crippen molar-refractivity contribution >= 4 is 0 Å². The Bertz CT molecular complexity index is 91.2. The Morgan fingerprint density at radius 3 is 2.78 bits per heavy atom. The Labute approximate surface area is 57.4 Å². The van der Waals surface area contributed by atoms with Crippen LogP contribution in [0.25, 0.3) is 0 Å². The summed E-state index contributed by atoms with van der Waals surface area (Å²) in [5, 5.41) is 0. The Balaban J connectivity index is 2.99. The van der Waals surface area contributed by atoms with E-state index in [1.807, 2.05) is 13.8 Å². The molecule has 0 aliphatic rings. The predicted molar refractivity (Wildman–Crippen MR) is 39.1 cm³/mol. The summed E-state index contributed by atoms with van der Waals surface area (Å²) >= 11 is 0. The summed E-state index contributed by atoms with van der Waals surface area (Å²) in [5.41, 5.74) is 0. The molecule has 0 aliphatic carbocycles. The molecule has 0 saturated carbocycles. The first-order chi connectivity index (χ1) is 4.31. The first-order valence-electron chi connectivity index (χ1n) is 3.35. The molecular formula is C8H14O. The van der Waals surface area contributed by atoms with E-state index >= 15 is 0 Å². The minimum absolute atomic E-state index is 0.358. The third-order valence-corrected chi connectivity index (χ3v) is 1.18. The summed E-state index contributed by atoms with van der Waals surface area (Å²) in [6.07, 6.45) is 6.13. The molecule has 0 aliphatic heterocycles. The van der Waals surface area contributed by atoms with E-state index in [4.69, 9.17) is 11.2 Å². The van der Waals surface area contributed by atoms with Gasteiger partial charge in [0.05, 0.1) is 0 Å². The maximum absolute atomic E-state index is 5.15. The van der Waals surface area contributed by atoms with Gasteiger partial charge in [-0.2, -0.15) is 0 Å². The molecule has 0 saturated heterocycles. The maximum atomic E-state index is 5.15. The average molecular weight is 126 g/mol. The van der Waals surface area contributed by atoms with Gasteiger partial charge in [-0.25, -0.2) is 0 Å². The third-order valence-electron chi connectivity index (χ3n) is 1.18. The van der Waals surface area contributed by atoms with Crippen molar-refractivity contribution in [1.82, 2.24) is 0 Å². The molecule has 1 atom stereocenters. The Kier molecular flexibility index (Phi) is 5.35. The van der Waals surface area contributed by atoms with Crippen LogP contribution in [0.3, 0.4) is 0 Å². The fraction of sp³-hybridized carbons (Fsp3) is 0.750. The third kappa shape index (κ3) is 5.39. The van der Waals surface area contributed by atoms with Crippen LogP contribution in [0.2, 0.25) is 0 Å². The van der Waals surface area contributed by atoms with E-state index in [2.05, 4.69) is 5.92 Å². The molecule has 52 valence electrons. The highest BCUT2D eigenvalue weighted by atomic mass is 16.5. The van der Waals surface area contributed by atoms with Gasteiger partial charge < -0.3 is 4.74 Å². The first kappa shape index (κ1) is 8.52. The normalized spacial score (nSPS) is 12.6. The van der Waals surface area contributed by atoms with Gasteiger partial charge in [-0.1, -0.05) is 6.92 Å². The highest BCUT2D eigenvalue weighted by molar-refractivity contribution is 4.89. The molecule has 9 heavy (non-hydrogen) atoms. The van der Waals surface area contributed by atoms with Gasteiger partial charge in [0.25, 0.3) is 0 Å². The Morgan fingerprint density at radius 1 is 1.67 bits per heavy atom. The van der Waals surface area contributed by atoms with E-state index in [0.717, 1.165) is 19.6 Å². The van der Waals surface area contributed by atoms with Gasteiger partial charge in [-0.05, 0) is 13.3 Å². The van der Waals surface area contributed by atoms with Gasteiger partial charge >= 0.3 is 0 Å². The predicted octanol–water partition coefficient (Wildman–Crippen LogP) is 1.68. The number of terminal acetylenes is 1. The lowest BCUT2D eigenvalue weighted by molar-refractivity contribution is 0.139. The highest BCUT2D eigenvalue weighted by Gasteiger charge is 1.93. The number of ether oxygens (including phenoxy) is 1. The first-order valence-corrected chi connectivity index (χ1v) is 3.35. The molecule has 0 amide bonds. The highest BCUT2D eigenvalue weighted by Crippen LogP contribution is 1.98. The van der Waals surface area contributed by atoms with Gasteiger partial charge in [-0.3, -0.25) is 0 Å². The lowest BCUT2D eigenvalue weighted by Crippen LogP contribution is -1.98. The fourth-order valence-corrected chi connectivity index (χ4v) is 0.488. The standard InChI is InChI=1S/C8H14O/c1-4-8(3)6-7-9-5-2/h1,8H,5-7H2,2-3H3. The van der Waals surface area contributed by atoms with Crippen molar-refractivity contribution in [2.45, 2.75) is 20.3 Å². The van der Waals surface area contributed by atoms with Crippen LogP contribution in [0.15, 0.2) is 0 Å². The maximum Gasteiger partial charge on any atom is 0.0477 e. The van der Waals surface area contributed by atoms with Crippen molar-refractivity contribution in [2.24, 2.45) is 5.92 Å². The second kappa shape index (κ2) is 5.65. The molecule has 1 heteroatoms. The van der Waals surface area contributed by atoms with Crippen molar-refractivity contribution in [3.8, 4) is 12.3 Å². The van der Waals surface area contributed by atoms with Gasteiger partial charge in [0, 0.05) is 19.1 Å². The molecule has 0 rings (SSSR count). The second-order valence-corrected chi connectivity index (χ2v) is 2.05.